The van der Waals surface area contributed by atoms with Gasteiger partial charge in [-0.1, -0.05) is 18.2 Å². The van der Waals surface area contributed by atoms with Crippen molar-refractivity contribution in [3.63, 3.8) is 0 Å². The van der Waals surface area contributed by atoms with Crippen molar-refractivity contribution in [3.8, 4) is 16.9 Å². The van der Waals surface area contributed by atoms with Crippen molar-refractivity contribution in [1.82, 2.24) is 4.98 Å². The van der Waals surface area contributed by atoms with Crippen LogP contribution < -0.4 is 15.2 Å². The van der Waals surface area contributed by atoms with Crippen LogP contribution in [0.5, 0.6) is 5.75 Å². The smallest absolute Gasteiger partial charge is 0.355 e. The molecule has 0 saturated carbocycles. The number of benzene rings is 2. The summed E-state index contributed by atoms with van der Waals surface area (Å²) in [4.78, 5) is 4.04. The van der Waals surface area contributed by atoms with Gasteiger partial charge in [-0.3, -0.25) is 4.72 Å². The van der Waals surface area contributed by atoms with Crippen molar-refractivity contribution >= 4 is 32.5 Å². The van der Waals surface area contributed by atoms with Crippen molar-refractivity contribution in [1.29, 1.82) is 0 Å². The monoisotopic (exact) mass is 463 g/mol. The first-order chi connectivity index (χ1) is 15.2. The van der Waals surface area contributed by atoms with E-state index in [9.17, 15) is 21.6 Å². The van der Waals surface area contributed by atoms with E-state index in [1.807, 2.05) is 4.72 Å². The van der Waals surface area contributed by atoms with Crippen molar-refractivity contribution < 1.29 is 30.7 Å². The van der Waals surface area contributed by atoms with Crippen LogP contribution in [0.25, 0.3) is 22.1 Å². The Labute approximate surface area is 180 Å². The average Bonchev–Trinajstić information content (AvgIpc) is 3.19. The van der Waals surface area contributed by atoms with E-state index in [2.05, 4.69) is 4.98 Å². The number of sulfonamides is 1. The molecule has 3 N–H and O–H groups in total. The number of anilines is 2. The Morgan fingerprint density at radius 2 is 1.88 bits per heavy atom. The first-order valence-electron chi connectivity index (χ1n) is 9.18. The number of fused-ring (bicyclic) bond motifs is 1. The van der Waals surface area contributed by atoms with Crippen molar-refractivity contribution in [2.75, 3.05) is 10.5 Å². The van der Waals surface area contributed by atoms with Gasteiger partial charge in [0, 0.05) is 11.8 Å². The fourth-order valence-electron chi connectivity index (χ4n) is 3.06. The predicted octanol–water partition coefficient (Wildman–Crippen LogP) is 4.76. The standard InChI is InChI=1S/C21H16F3N3O4S/c22-14-4-1-12(2-5-14)10-30-18-9-13(3-6-16(18)27-32(28,29)21(23)24)15-11-31-17-7-8-26-20(25)19(15)17/h1-9,11,21,27H,10H2,(H2,25,26). The lowest BCUT2D eigenvalue weighted by Gasteiger charge is -2.15. The zero-order valence-corrected chi connectivity index (χ0v) is 17.1. The molecule has 4 aromatic rings. The Morgan fingerprint density at radius 1 is 1.12 bits per heavy atom. The Hall–Kier alpha value is -3.73. The van der Waals surface area contributed by atoms with Gasteiger partial charge in [0.25, 0.3) is 10.0 Å². The van der Waals surface area contributed by atoms with E-state index >= 15 is 0 Å². The SMILES string of the molecule is Nc1nccc2occ(-c3ccc(NS(=O)(=O)C(F)F)c(OCc4ccc(F)cc4)c3)c12. The number of nitrogens with two attached hydrogens (primary N) is 1. The summed E-state index contributed by atoms with van der Waals surface area (Å²) in [5, 5.41) is 0.540. The topological polar surface area (TPSA) is 107 Å². The fraction of sp³-hybridized carbons (Fsp3) is 0.0952. The molecule has 0 aliphatic heterocycles. The van der Waals surface area contributed by atoms with Gasteiger partial charge in [-0.25, -0.2) is 17.8 Å². The molecule has 7 nitrogen and oxygen atoms in total. The number of pyridine rings is 1. The molecule has 0 amide bonds. The van der Waals surface area contributed by atoms with Crippen LogP contribution in [0.4, 0.5) is 24.7 Å². The van der Waals surface area contributed by atoms with Gasteiger partial charge < -0.3 is 14.9 Å². The molecule has 0 aliphatic carbocycles. The molecular weight excluding hydrogens is 447 g/mol. The molecule has 32 heavy (non-hydrogen) atoms. The minimum absolute atomic E-state index is 0.0205. The zero-order chi connectivity index (χ0) is 22.9. The van der Waals surface area contributed by atoms with Crippen LogP contribution in [0.3, 0.4) is 0 Å². The molecule has 2 aromatic heterocycles. The van der Waals surface area contributed by atoms with E-state index in [1.54, 1.807) is 6.07 Å². The van der Waals surface area contributed by atoms with Gasteiger partial charge in [-0.05, 0) is 41.5 Å². The number of hydrogen-bond acceptors (Lipinski definition) is 6. The van der Waals surface area contributed by atoms with Crippen molar-refractivity contribution in [2.45, 2.75) is 12.4 Å². The van der Waals surface area contributed by atoms with E-state index in [0.29, 0.717) is 27.7 Å². The highest BCUT2D eigenvalue weighted by molar-refractivity contribution is 7.93. The van der Waals surface area contributed by atoms with Gasteiger partial charge in [-0.2, -0.15) is 8.78 Å². The minimum atomic E-state index is -4.93. The van der Waals surface area contributed by atoms with Crippen LogP contribution in [0.2, 0.25) is 0 Å². The van der Waals surface area contributed by atoms with Crippen LogP contribution in [-0.2, 0) is 16.6 Å². The fourth-order valence-corrected chi connectivity index (χ4v) is 3.62. The predicted molar refractivity (Wildman–Crippen MR) is 113 cm³/mol. The van der Waals surface area contributed by atoms with Crippen LogP contribution in [0, 0.1) is 5.82 Å². The molecule has 0 atom stereocenters. The second-order valence-electron chi connectivity index (χ2n) is 6.75. The second kappa shape index (κ2) is 8.42. The van der Waals surface area contributed by atoms with Gasteiger partial charge in [0.1, 0.15) is 29.6 Å². The quantitative estimate of drug-likeness (QED) is 0.409. The molecule has 0 fully saturated rings. The summed E-state index contributed by atoms with van der Waals surface area (Å²) in [7, 11) is -4.93. The van der Waals surface area contributed by atoms with Gasteiger partial charge in [0.05, 0.1) is 17.3 Å². The zero-order valence-electron chi connectivity index (χ0n) is 16.3. The van der Waals surface area contributed by atoms with Crippen molar-refractivity contribution in [3.05, 3.63) is 72.4 Å². The summed E-state index contributed by atoms with van der Waals surface area (Å²) in [5.74, 6) is -3.86. The summed E-state index contributed by atoms with van der Waals surface area (Å²) in [6, 6.07) is 11.3. The van der Waals surface area contributed by atoms with E-state index in [-0.39, 0.29) is 23.9 Å². The molecule has 0 radical (unpaired) electrons. The number of nitrogen functional groups attached to an aromatic ring is 1. The number of alkyl halides is 2. The summed E-state index contributed by atoms with van der Waals surface area (Å²) in [5.41, 5.74) is 7.93. The Bertz CT molecular complexity index is 1370. The molecule has 0 saturated heterocycles. The highest BCUT2D eigenvalue weighted by Crippen LogP contribution is 2.38. The van der Waals surface area contributed by atoms with E-state index in [0.717, 1.165) is 0 Å². The number of nitrogens with one attached hydrogen (secondary N) is 1. The number of nitrogens with zero attached hydrogens (tertiary/aromatic N) is 1. The highest BCUT2D eigenvalue weighted by atomic mass is 32.2. The van der Waals surface area contributed by atoms with Gasteiger partial charge >= 0.3 is 5.76 Å². The van der Waals surface area contributed by atoms with Gasteiger partial charge in [0.15, 0.2) is 0 Å². The molecule has 0 bridgehead atoms. The third-order valence-electron chi connectivity index (χ3n) is 4.60. The van der Waals surface area contributed by atoms with E-state index in [4.69, 9.17) is 14.9 Å². The Balaban J connectivity index is 1.74. The number of halogens is 3. The molecule has 2 heterocycles. The number of hydrogen-bond donors (Lipinski definition) is 2. The van der Waals surface area contributed by atoms with Crippen molar-refractivity contribution in [2.24, 2.45) is 0 Å². The molecule has 0 unspecified atom stereocenters. The van der Waals surface area contributed by atoms with E-state index < -0.39 is 21.6 Å². The largest absolute Gasteiger partial charge is 0.487 e. The van der Waals surface area contributed by atoms with Crippen LogP contribution in [-0.4, -0.2) is 19.2 Å². The van der Waals surface area contributed by atoms with Crippen LogP contribution in [0.1, 0.15) is 5.56 Å². The average molecular weight is 463 g/mol. The maximum atomic E-state index is 13.1. The number of aromatic nitrogens is 1. The first kappa shape index (κ1) is 21.5. The Kier molecular flexibility index (Phi) is 5.66. The summed E-state index contributed by atoms with van der Waals surface area (Å²) in [6.07, 6.45) is 2.94. The maximum absolute atomic E-state index is 13.1. The lowest BCUT2D eigenvalue weighted by molar-refractivity contribution is 0.236. The van der Waals surface area contributed by atoms with Gasteiger partial charge in [0.2, 0.25) is 0 Å². The van der Waals surface area contributed by atoms with Gasteiger partial charge in [-0.15, -0.1) is 0 Å². The van der Waals surface area contributed by atoms with Crippen LogP contribution >= 0.6 is 0 Å². The molecule has 4 rings (SSSR count). The lowest BCUT2D eigenvalue weighted by atomic mass is 10.0. The third-order valence-corrected chi connectivity index (χ3v) is 5.58. The molecule has 2 aromatic carbocycles. The molecule has 0 aliphatic rings. The maximum Gasteiger partial charge on any atom is 0.355 e. The minimum Gasteiger partial charge on any atom is -0.487 e. The molecule has 166 valence electrons. The number of furan rings is 1. The second-order valence-corrected chi connectivity index (χ2v) is 8.40. The third kappa shape index (κ3) is 4.33. The number of ether oxygens (including phenoxy) is 1. The Morgan fingerprint density at radius 3 is 2.59 bits per heavy atom. The summed E-state index contributed by atoms with van der Waals surface area (Å²) in [6.45, 7) is -0.0665. The van der Waals surface area contributed by atoms with E-state index in [1.165, 1.54) is 54.9 Å². The molecule has 0 spiro atoms. The first-order valence-corrected chi connectivity index (χ1v) is 10.7. The molecular formula is C21H16F3N3O4S. The summed E-state index contributed by atoms with van der Waals surface area (Å²) < 4.78 is 75.3. The summed E-state index contributed by atoms with van der Waals surface area (Å²) >= 11 is 0. The number of rotatable bonds is 7. The molecule has 11 heteroatoms. The highest BCUT2D eigenvalue weighted by Gasteiger charge is 2.25. The lowest BCUT2D eigenvalue weighted by Crippen LogP contribution is -2.21. The normalized spacial score (nSPS) is 11.8. The van der Waals surface area contributed by atoms with Crippen LogP contribution in [0.15, 0.2) is 65.4 Å².